The molecule has 19 heavy (non-hydrogen) atoms. The highest BCUT2D eigenvalue weighted by Crippen LogP contribution is 2.52. The Balaban J connectivity index is 2.00. The van der Waals surface area contributed by atoms with Crippen molar-refractivity contribution in [1.29, 1.82) is 0 Å². The van der Waals surface area contributed by atoms with Gasteiger partial charge < -0.3 is 10.2 Å². The van der Waals surface area contributed by atoms with Gasteiger partial charge in [-0.1, -0.05) is 12.1 Å². The molecule has 2 aliphatic rings. The summed E-state index contributed by atoms with van der Waals surface area (Å²) in [5.41, 5.74) is 5.04. The normalized spacial score (nSPS) is 18.5. The number of hydrogen-bond acceptors (Lipinski definition) is 3. The minimum Gasteiger partial charge on any atom is -0.508 e. The molecule has 1 aliphatic carbocycles. The van der Waals surface area contributed by atoms with Crippen LogP contribution in [0.5, 0.6) is 11.5 Å². The third kappa shape index (κ3) is 1.51. The fraction of sp³-hybridized carbons (Fsp3) is 0.250. The minimum absolute atomic E-state index is 0.152. The maximum Gasteiger partial charge on any atom is 0.115 e. The van der Waals surface area contributed by atoms with Gasteiger partial charge in [-0.3, -0.25) is 0 Å². The molecule has 0 amide bonds. The molecule has 4 rings (SSSR count). The lowest BCUT2D eigenvalue weighted by Gasteiger charge is -2.46. The SMILES string of the molecule is Oc1ccc2c(c1)CC1(CSC1)c1cc(O)ccc1-2. The van der Waals surface area contributed by atoms with Crippen molar-refractivity contribution >= 4 is 11.8 Å². The van der Waals surface area contributed by atoms with Crippen LogP contribution in [0.1, 0.15) is 11.1 Å². The van der Waals surface area contributed by atoms with Crippen LogP contribution in [-0.4, -0.2) is 21.7 Å². The molecule has 1 heterocycles. The molecule has 1 aliphatic heterocycles. The van der Waals surface area contributed by atoms with Crippen molar-refractivity contribution in [3.8, 4) is 22.6 Å². The van der Waals surface area contributed by atoms with Gasteiger partial charge in [-0.05, 0) is 52.9 Å². The lowest BCUT2D eigenvalue weighted by molar-refractivity contribution is 0.461. The standard InChI is InChI=1S/C16H14O2S/c17-11-1-3-13-10(5-11)7-16(8-19-9-16)15-6-12(18)2-4-14(13)15/h1-6,17-18H,7-9H2. The van der Waals surface area contributed by atoms with Crippen LogP contribution >= 0.6 is 11.8 Å². The second-order valence-corrected chi connectivity index (χ2v) is 6.51. The van der Waals surface area contributed by atoms with Gasteiger partial charge in [-0.25, -0.2) is 0 Å². The van der Waals surface area contributed by atoms with Crippen LogP contribution in [0.25, 0.3) is 11.1 Å². The third-order valence-electron chi connectivity index (χ3n) is 4.24. The summed E-state index contributed by atoms with van der Waals surface area (Å²) in [5, 5.41) is 19.5. The summed E-state index contributed by atoms with van der Waals surface area (Å²) in [6.45, 7) is 0. The maximum atomic E-state index is 9.79. The molecule has 2 N–H and O–H groups in total. The molecular weight excluding hydrogens is 256 g/mol. The molecular formula is C16H14O2S. The van der Waals surface area contributed by atoms with Crippen LogP contribution in [0.15, 0.2) is 36.4 Å². The van der Waals surface area contributed by atoms with Gasteiger partial charge >= 0.3 is 0 Å². The highest BCUT2D eigenvalue weighted by atomic mass is 32.2. The molecule has 0 saturated carbocycles. The topological polar surface area (TPSA) is 40.5 Å². The van der Waals surface area contributed by atoms with Crippen LogP contribution in [0.3, 0.4) is 0 Å². The molecule has 0 unspecified atom stereocenters. The van der Waals surface area contributed by atoms with E-state index < -0.39 is 0 Å². The summed E-state index contributed by atoms with van der Waals surface area (Å²) >= 11 is 1.95. The molecule has 2 aromatic rings. The quantitative estimate of drug-likeness (QED) is 0.771. The van der Waals surface area contributed by atoms with Crippen molar-refractivity contribution < 1.29 is 10.2 Å². The van der Waals surface area contributed by atoms with E-state index >= 15 is 0 Å². The van der Waals surface area contributed by atoms with Crippen molar-refractivity contribution in [2.75, 3.05) is 11.5 Å². The van der Waals surface area contributed by atoms with Crippen LogP contribution in [0.4, 0.5) is 0 Å². The summed E-state index contributed by atoms with van der Waals surface area (Å²) in [4.78, 5) is 0. The van der Waals surface area contributed by atoms with Crippen LogP contribution < -0.4 is 0 Å². The molecule has 1 saturated heterocycles. The lowest BCUT2D eigenvalue weighted by Crippen LogP contribution is -2.44. The van der Waals surface area contributed by atoms with Gasteiger partial charge in [-0.2, -0.15) is 11.8 Å². The van der Waals surface area contributed by atoms with Crippen molar-refractivity contribution in [3.63, 3.8) is 0 Å². The van der Waals surface area contributed by atoms with Gasteiger partial charge in [-0.15, -0.1) is 0 Å². The molecule has 2 aromatic carbocycles. The average molecular weight is 270 g/mol. The summed E-state index contributed by atoms with van der Waals surface area (Å²) in [7, 11) is 0. The fourth-order valence-electron chi connectivity index (χ4n) is 3.26. The summed E-state index contributed by atoms with van der Waals surface area (Å²) < 4.78 is 0. The second kappa shape index (κ2) is 3.70. The largest absolute Gasteiger partial charge is 0.508 e. The summed E-state index contributed by atoms with van der Waals surface area (Å²) in [6, 6.07) is 11.3. The van der Waals surface area contributed by atoms with E-state index in [4.69, 9.17) is 0 Å². The molecule has 0 radical (unpaired) electrons. The average Bonchev–Trinajstić information content (AvgIpc) is 2.35. The maximum absolute atomic E-state index is 9.79. The smallest absolute Gasteiger partial charge is 0.115 e. The fourth-order valence-corrected chi connectivity index (χ4v) is 4.47. The molecule has 0 aromatic heterocycles. The zero-order valence-corrected chi connectivity index (χ0v) is 11.2. The Morgan fingerprint density at radius 2 is 1.58 bits per heavy atom. The number of fused-ring (bicyclic) bond motifs is 4. The van der Waals surface area contributed by atoms with Gasteiger partial charge in [0.15, 0.2) is 0 Å². The van der Waals surface area contributed by atoms with Gasteiger partial charge in [0.1, 0.15) is 11.5 Å². The highest BCUT2D eigenvalue weighted by Gasteiger charge is 2.44. The number of phenolic OH excluding ortho intramolecular Hbond substituents is 2. The first-order valence-corrected chi connectivity index (χ1v) is 7.57. The van der Waals surface area contributed by atoms with Crippen molar-refractivity contribution in [2.45, 2.75) is 11.8 Å². The summed E-state index contributed by atoms with van der Waals surface area (Å²) in [5.74, 6) is 2.87. The van der Waals surface area contributed by atoms with Crippen molar-refractivity contribution in [3.05, 3.63) is 47.5 Å². The monoisotopic (exact) mass is 270 g/mol. The van der Waals surface area contributed by atoms with Gasteiger partial charge in [0.25, 0.3) is 0 Å². The number of phenols is 2. The number of thioether (sulfide) groups is 1. The number of rotatable bonds is 0. The second-order valence-electron chi connectivity index (χ2n) is 5.52. The number of hydrogen-bond donors (Lipinski definition) is 2. The van der Waals surface area contributed by atoms with E-state index in [-0.39, 0.29) is 5.41 Å². The predicted octanol–water partition coefficient (Wildman–Crippen LogP) is 3.31. The van der Waals surface area contributed by atoms with Gasteiger partial charge in [0.2, 0.25) is 0 Å². The Hall–Kier alpha value is -1.61. The van der Waals surface area contributed by atoms with E-state index in [9.17, 15) is 10.2 Å². The molecule has 96 valence electrons. The molecule has 2 nitrogen and oxygen atoms in total. The van der Waals surface area contributed by atoms with Crippen LogP contribution in [0.2, 0.25) is 0 Å². The molecule has 0 bridgehead atoms. The molecule has 1 spiro atoms. The van der Waals surface area contributed by atoms with E-state index in [0.717, 1.165) is 17.9 Å². The minimum atomic E-state index is 0.152. The third-order valence-corrected chi connectivity index (χ3v) is 5.75. The summed E-state index contributed by atoms with van der Waals surface area (Å²) in [6.07, 6.45) is 0.959. The van der Waals surface area contributed by atoms with Crippen LogP contribution in [-0.2, 0) is 11.8 Å². The van der Waals surface area contributed by atoms with E-state index in [0.29, 0.717) is 11.5 Å². The number of benzene rings is 2. The first kappa shape index (κ1) is 11.2. The van der Waals surface area contributed by atoms with E-state index in [1.54, 1.807) is 12.1 Å². The zero-order valence-electron chi connectivity index (χ0n) is 10.4. The Morgan fingerprint density at radius 1 is 0.895 bits per heavy atom. The highest BCUT2D eigenvalue weighted by molar-refractivity contribution is 8.00. The molecule has 3 heteroatoms. The van der Waals surface area contributed by atoms with E-state index in [1.165, 1.54) is 22.3 Å². The predicted molar refractivity (Wildman–Crippen MR) is 77.9 cm³/mol. The van der Waals surface area contributed by atoms with E-state index in [2.05, 4.69) is 0 Å². The Morgan fingerprint density at radius 3 is 2.26 bits per heavy atom. The van der Waals surface area contributed by atoms with Crippen molar-refractivity contribution in [1.82, 2.24) is 0 Å². The first-order valence-electron chi connectivity index (χ1n) is 6.41. The Bertz CT molecular complexity index is 674. The van der Waals surface area contributed by atoms with Gasteiger partial charge in [0.05, 0.1) is 0 Å². The lowest BCUT2D eigenvalue weighted by atomic mass is 9.69. The zero-order chi connectivity index (χ0) is 13.0. The number of aromatic hydroxyl groups is 2. The first-order chi connectivity index (χ1) is 9.18. The molecule has 0 atom stereocenters. The Labute approximate surface area is 116 Å². The van der Waals surface area contributed by atoms with Crippen molar-refractivity contribution in [2.24, 2.45) is 0 Å². The molecule has 1 fully saturated rings. The van der Waals surface area contributed by atoms with Crippen LogP contribution in [0, 0.1) is 0 Å². The van der Waals surface area contributed by atoms with Gasteiger partial charge in [0, 0.05) is 16.9 Å². The Kier molecular flexibility index (Phi) is 2.19. The van der Waals surface area contributed by atoms with E-state index in [1.807, 2.05) is 36.0 Å².